The van der Waals surface area contributed by atoms with E-state index in [9.17, 15) is 0 Å². The van der Waals surface area contributed by atoms with Gasteiger partial charge in [0.15, 0.2) is 0 Å². The van der Waals surface area contributed by atoms with Crippen molar-refractivity contribution < 1.29 is 5.11 Å². The third kappa shape index (κ3) is 2.95. The van der Waals surface area contributed by atoms with Crippen molar-refractivity contribution in [3.63, 3.8) is 0 Å². The minimum atomic E-state index is 0.217. The van der Waals surface area contributed by atoms with Crippen molar-refractivity contribution in [3.8, 4) is 0 Å². The van der Waals surface area contributed by atoms with Crippen LogP contribution >= 0.6 is 0 Å². The molecule has 1 aromatic carbocycles. The molecule has 0 spiro atoms. The third-order valence-electron chi connectivity index (χ3n) is 1.91. The molecule has 3 nitrogen and oxygen atoms in total. The molecule has 3 heteroatoms. The number of rotatable bonds is 4. The second-order valence-electron chi connectivity index (χ2n) is 3.08. The first kappa shape index (κ1) is 9.86. The Labute approximate surface area is 78.6 Å². The van der Waals surface area contributed by atoms with E-state index in [1.54, 1.807) is 0 Å². The highest BCUT2D eigenvalue weighted by Gasteiger charge is 1.96. The van der Waals surface area contributed by atoms with E-state index in [1.165, 1.54) is 5.56 Å². The van der Waals surface area contributed by atoms with Crippen LogP contribution in [-0.2, 0) is 0 Å². The Morgan fingerprint density at radius 3 is 2.92 bits per heavy atom. The van der Waals surface area contributed by atoms with Gasteiger partial charge in [-0.3, -0.25) is 0 Å². The van der Waals surface area contributed by atoms with E-state index in [0.29, 0.717) is 0 Å². The highest BCUT2D eigenvalue weighted by atomic mass is 16.3. The summed E-state index contributed by atoms with van der Waals surface area (Å²) in [6.45, 7) is 3.02. The quantitative estimate of drug-likeness (QED) is 0.484. The molecule has 0 fully saturated rings. The van der Waals surface area contributed by atoms with Gasteiger partial charge in [-0.05, 0) is 31.0 Å². The summed E-state index contributed by atoms with van der Waals surface area (Å²) in [6, 6.07) is 5.77. The van der Waals surface area contributed by atoms with Crippen molar-refractivity contribution in [2.45, 2.75) is 13.3 Å². The van der Waals surface area contributed by atoms with Gasteiger partial charge in [-0.1, -0.05) is 6.07 Å². The van der Waals surface area contributed by atoms with E-state index >= 15 is 0 Å². The molecule has 0 radical (unpaired) electrons. The van der Waals surface area contributed by atoms with Crippen molar-refractivity contribution in [1.29, 1.82) is 0 Å². The molecule has 0 heterocycles. The fourth-order valence-corrected chi connectivity index (χ4v) is 1.13. The van der Waals surface area contributed by atoms with Crippen LogP contribution in [0.1, 0.15) is 12.0 Å². The normalized spacial score (nSPS) is 10.0. The lowest BCUT2D eigenvalue weighted by Crippen LogP contribution is -2.05. The van der Waals surface area contributed by atoms with Gasteiger partial charge in [-0.2, -0.15) is 0 Å². The molecule has 0 bridgehead atoms. The lowest BCUT2D eigenvalue weighted by molar-refractivity contribution is 0.292. The second kappa shape index (κ2) is 4.72. The topological polar surface area (TPSA) is 58.3 Å². The number of nitrogens with one attached hydrogen (secondary N) is 1. The molecule has 4 N–H and O–H groups in total. The average molecular weight is 180 g/mol. The zero-order valence-electron chi connectivity index (χ0n) is 7.88. The molecule has 1 rings (SSSR count). The molecule has 0 amide bonds. The fourth-order valence-electron chi connectivity index (χ4n) is 1.13. The Hall–Kier alpha value is -1.22. The summed E-state index contributed by atoms with van der Waals surface area (Å²) >= 11 is 0. The van der Waals surface area contributed by atoms with Crippen LogP contribution in [0.25, 0.3) is 0 Å². The zero-order chi connectivity index (χ0) is 9.68. The highest BCUT2D eigenvalue weighted by Crippen LogP contribution is 2.17. The van der Waals surface area contributed by atoms with Crippen LogP contribution in [0.15, 0.2) is 18.2 Å². The molecular weight excluding hydrogens is 164 g/mol. The van der Waals surface area contributed by atoms with Gasteiger partial charge in [-0.15, -0.1) is 0 Å². The zero-order valence-corrected chi connectivity index (χ0v) is 7.88. The van der Waals surface area contributed by atoms with Gasteiger partial charge in [0.05, 0.1) is 0 Å². The monoisotopic (exact) mass is 180 g/mol. The number of aliphatic hydroxyl groups excluding tert-OH is 1. The number of nitrogen functional groups attached to an aromatic ring is 1. The van der Waals surface area contributed by atoms with E-state index in [4.69, 9.17) is 10.8 Å². The Morgan fingerprint density at radius 2 is 2.23 bits per heavy atom. The molecule has 0 aliphatic heterocycles. The van der Waals surface area contributed by atoms with E-state index in [2.05, 4.69) is 5.32 Å². The maximum Gasteiger partial charge on any atom is 0.0447 e. The molecule has 1 aromatic rings. The maximum atomic E-state index is 8.60. The molecule has 0 atom stereocenters. The van der Waals surface area contributed by atoms with Gasteiger partial charge >= 0.3 is 0 Å². The molecule has 13 heavy (non-hydrogen) atoms. The molecule has 0 saturated carbocycles. The van der Waals surface area contributed by atoms with Crippen molar-refractivity contribution in [3.05, 3.63) is 23.8 Å². The number of anilines is 2. The first-order valence-corrected chi connectivity index (χ1v) is 4.45. The van der Waals surface area contributed by atoms with E-state index in [-0.39, 0.29) is 6.61 Å². The molecule has 72 valence electrons. The molecule has 0 unspecified atom stereocenters. The van der Waals surface area contributed by atoms with Crippen LogP contribution in [-0.4, -0.2) is 18.3 Å². The fraction of sp³-hybridized carbons (Fsp3) is 0.400. The first-order valence-electron chi connectivity index (χ1n) is 4.45. The van der Waals surface area contributed by atoms with Crippen molar-refractivity contribution in [2.75, 3.05) is 24.2 Å². The van der Waals surface area contributed by atoms with Gasteiger partial charge < -0.3 is 16.2 Å². The number of nitrogens with two attached hydrogens (primary N) is 1. The molecule has 0 aliphatic rings. The van der Waals surface area contributed by atoms with Crippen LogP contribution in [0.5, 0.6) is 0 Å². The number of aryl methyl sites for hydroxylation is 1. The predicted octanol–water partition coefficient (Wildman–Crippen LogP) is 1.37. The van der Waals surface area contributed by atoms with Crippen LogP contribution in [0.2, 0.25) is 0 Å². The number of hydrogen-bond acceptors (Lipinski definition) is 3. The minimum Gasteiger partial charge on any atom is -0.399 e. The number of benzene rings is 1. The van der Waals surface area contributed by atoms with Crippen LogP contribution in [0.4, 0.5) is 11.4 Å². The summed E-state index contributed by atoms with van der Waals surface area (Å²) in [5.41, 5.74) is 8.63. The van der Waals surface area contributed by atoms with Gasteiger partial charge in [0.25, 0.3) is 0 Å². The van der Waals surface area contributed by atoms with Crippen LogP contribution < -0.4 is 11.1 Å². The van der Waals surface area contributed by atoms with Gasteiger partial charge in [0.2, 0.25) is 0 Å². The van der Waals surface area contributed by atoms with E-state index < -0.39 is 0 Å². The summed E-state index contributed by atoms with van der Waals surface area (Å²) < 4.78 is 0. The third-order valence-corrected chi connectivity index (χ3v) is 1.91. The van der Waals surface area contributed by atoms with Crippen molar-refractivity contribution in [1.82, 2.24) is 0 Å². The number of hydrogen-bond donors (Lipinski definition) is 3. The molecular formula is C10H16N2O. The Kier molecular flexibility index (Phi) is 3.58. The SMILES string of the molecule is Cc1ccc(N)cc1NCCCO. The second-order valence-corrected chi connectivity index (χ2v) is 3.08. The Balaban J connectivity index is 2.59. The van der Waals surface area contributed by atoms with Crippen LogP contribution in [0.3, 0.4) is 0 Å². The summed E-state index contributed by atoms with van der Waals surface area (Å²) in [5, 5.41) is 11.8. The largest absolute Gasteiger partial charge is 0.399 e. The van der Waals surface area contributed by atoms with Crippen molar-refractivity contribution in [2.24, 2.45) is 0 Å². The average Bonchev–Trinajstić information content (AvgIpc) is 2.11. The summed E-state index contributed by atoms with van der Waals surface area (Å²) in [7, 11) is 0. The summed E-state index contributed by atoms with van der Waals surface area (Å²) in [5.74, 6) is 0. The summed E-state index contributed by atoms with van der Waals surface area (Å²) in [6.07, 6.45) is 0.758. The van der Waals surface area contributed by atoms with Crippen LogP contribution in [0, 0.1) is 6.92 Å². The van der Waals surface area contributed by atoms with E-state index in [1.807, 2.05) is 25.1 Å². The Morgan fingerprint density at radius 1 is 1.46 bits per heavy atom. The smallest absolute Gasteiger partial charge is 0.0447 e. The standard InChI is InChI=1S/C10H16N2O/c1-8-3-4-9(11)7-10(8)12-5-2-6-13/h3-4,7,12-13H,2,5-6,11H2,1H3. The first-order chi connectivity index (χ1) is 6.24. The lowest BCUT2D eigenvalue weighted by Gasteiger charge is -2.09. The highest BCUT2D eigenvalue weighted by molar-refractivity contribution is 5.59. The van der Waals surface area contributed by atoms with Gasteiger partial charge in [-0.25, -0.2) is 0 Å². The minimum absolute atomic E-state index is 0.217. The van der Waals surface area contributed by atoms with Gasteiger partial charge in [0.1, 0.15) is 0 Å². The maximum absolute atomic E-state index is 8.60. The lowest BCUT2D eigenvalue weighted by atomic mass is 10.2. The van der Waals surface area contributed by atoms with Crippen molar-refractivity contribution >= 4 is 11.4 Å². The van der Waals surface area contributed by atoms with E-state index in [0.717, 1.165) is 24.3 Å². The molecule has 0 aromatic heterocycles. The molecule has 0 saturated heterocycles. The molecule has 0 aliphatic carbocycles. The predicted molar refractivity (Wildman–Crippen MR) is 55.8 cm³/mol. The van der Waals surface area contributed by atoms with Gasteiger partial charge in [0, 0.05) is 24.5 Å². The number of aliphatic hydroxyl groups is 1. The summed E-state index contributed by atoms with van der Waals surface area (Å²) in [4.78, 5) is 0. The Bertz CT molecular complexity index is 274.